The Balaban J connectivity index is 2.18. The van der Waals surface area contributed by atoms with E-state index in [0.29, 0.717) is 6.61 Å². The molecular formula is C14H19N3O. The Kier molecular flexibility index (Phi) is 4.19. The van der Waals surface area contributed by atoms with Gasteiger partial charge in [0.1, 0.15) is 6.07 Å². The van der Waals surface area contributed by atoms with E-state index in [4.69, 9.17) is 4.74 Å². The molecule has 0 amide bonds. The number of aryl methyl sites for hydroxylation is 1. The van der Waals surface area contributed by atoms with Gasteiger partial charge in [-0.2, -0.15) is 5.26 Å². The van der Waals surface area contributed by atoms with Gasteiger partial charge in [0, 0.05) is 19.6 Å². The van der Waals surface area contributed by atoms with E-state index in [0.717, 1.165) is 36.4 Å². The van der Waals surface area contributed by atoms with E-state index in [2.05, 4.69) is 22.4 Å². The van der Waals surface area contributed by atoms with Crippen LogP contribution in [-0.4, -0.2) is 39.4 Å². The predicted molar refractivity (Wildman–Crippen MR) is 71.8 cm³/mol. The molecule has 1 aromatic rings. The standard InChI is InChI=1S/C14H19N3O/c1-11-3-4-14(12(7-11)8-15)17-5-6-18-13(10-17)9-16-2/h3-4,7,13,16H,5-6,9-10H2,1-2H3. The lowest BCUT2D eigenvalue weighted by Crippen LogP contribution is -2.46. The van der Waals surface area contributed by atoms with E-state index in [-0.39, 0.29) is 6.10 Å². The topological polar surface area (TPSA) is 48.3 Å². The molecule has 4 nitrogen and oxygen atoms in total. The highest BCUT2D eigenvalue weighted by Gasteiger charge is 2.21. The Morgan fingerprint density at radius 1 is 1.56 bits per heavy atom. The van der Waals surface area contributed by atoms with Crippen molar-refractivity contribution in [2.24, 2.45) is 0 Å². The number of hydrogen-bond donors (Lipinski definition) is 1. The molecule has 1 fully saturated rings. The molecule has 1 atom stereocenters. The first-order valence-corrected chi connectivity index (χ1v) is 6.26. The number of nitriles is 1. The summed E-state index contributed by atoms with van der Waals surface area (Å²) in [4.78, 5) is 2.24. The van der Waals surface area contributed by atoms with Crippen LogP contribution in [0, 0.1) is 18.3 Å². The molecule has 4 heteroatoms. The molecule has 2 rings (SSSR count). The van der Waals surface area contributed by atoms with Crippen LogP contribution in [0.5, 0.6) is 0 Å². The Morgan fingerprint density at radius 2 is 2.39 bits per heavy atom. The van der Waals surface area contributed by atoms with E-state index in [1.165, 1.54) is 0 Å². The van der Waals surface area contributed by atoms with Crippen LogP contribution >= 0.6 is 0 Å². The van der Waals surface area contributed by atoms with E-state index < -0.39 is 0 Å². The van der Waals surface area contributed by atoms with Gasteiger partial charge in [-0.15, -0.1) is 0 Å². The molecule has 1 heterocycles. The lowest BCUT2D eigenvalue weighted by atomic mass is 10.1. The summed E-state index contributed by atoms with van der Waals surface area (Å²) in [6, 6.07) is 8.32. The quantitative estimate of drug-likeness (QED) is 0.872. The molecule has 1 aliphatic rings. The molecule has 1 unspecified atom stereocenters. The SMILES string of the molecule is CNCC1CN(c2ccc(C)cc2C#N)CCO1. The van der Waals surface area contributed by atoms with Crippen molar-refractivity contribution >= 4 is 5.69 Å². The molecule has 0 spiro atoms. The largest absolute Gasteiger partial charge is 0.373 e. The van der Waals surface area contributed by atoms with Gasteiger partial charge in [-0.25, -0.2) is 0 Å². The zero-order valence-corrected chi connectivity index (χ0v) is 10.9. The van der Waals surface area contributed by atoms with Crippen molar-refractivity contribution < 1.29 is 4.74 Å². The number of anilines is 1. The highest BCUT2D eigenvalue weighted by molar-refractivity contribution is 5.60. The number of ether oxygens (including phenoxy) is 1. The smallest absolute Gasteiger partial charge is 0.101 e. The van der Waals surface area contributed by atoms with Crippen molar-refractivity contribution in [3.63, 3.8) is 0 Å². The van der Waals surface area contributed by atoms with Crippen molar-refractivity contribution in [2.45, 2.75) is 13.0 Å². The summed E-state index contributed by atoms with van der Waals surface area (Å²) in [7, 11) is 1.93. The van der Waals surface area contributed by atoms with Crippen LogP contribution in [0.25, 0.3) is 0 Å². The second-order valence-electron chi connectivity index (χ2n) is 4.63. The second kappa shape index (κ2) is 5.85. The Labute approximate surface area is 108 Å². The van der Waals surface area contributed by atoms with Crippen molar-refractivity contribution in [3.8, 4) is 6.07 Å². The molecule has 1 aliphatic heterocycles. The number of hydrogen-bond acceptors (Lipinski definition) is 4. The molecule has 0 saturated carbocycles. The number of likely N-dealkylation sites (N-methyl/N-ethyl adjacent to an activating group) is 1. The van der Waals surface area contributed by atoms with Crippen molar-refractivity contribution in [3.05, 3.63) is 29.3 Å². The second-order valence-corrected chi connectivity index (χ2v) is 4.63. The summed E-state index contributed by atoms with van der Waals surface area (Å²) >= 11 is 0. The van der Waals surface area contributed by atoms with E-state index in [1.54, 1.807) is 0 Å². The van der Waals surface area contributed by atoms with Gasteiger partial charge in [-0.05, 0) is 31.7 Å². The zero-order chi connectivity index (χ0) is 13.0. The third kappa shape index (κ3) is 2.81. The fourth-order valence-corrected chi connectivity index (χ4v) is 2.30. The van der Waals surface area contributed by atoms with Crippen LogP contribution in [0.1, 0.15) is 11.1 Å². The summed E-state index contributed by atoms with van der Waals surface area (Å²) in [6.45, 7) is 5.24. The highest BCUT2D eigenvalue weighted by Crippen LogP contribution is 2.23. The summed E-state index contributed by atoms with van der Waals surface area (Å²) in [6.07, 6.45) is 0.191. The molecule has 0 aromatic heterocycles. The molecule has 1 aromatic carbocycles. The molecule has 0 aliphatic carbocycles. The minimum absolute atomic E-state index is 0.191. The van der Waals surface area contributed by atoms with E-state index in [9.17, 15) is 5.26 Å². The van der Waals surface area contributed by atoms with Crippen molar-refractivity contribution in [1.29, 1.82) is 5.26 Å². The van der Waals surface area contributed by atoms with Gasteiger partial charge in [0.15, 0.2) is 0 Å². The molecule has 18 heavy (non-hydrogen) atoms. The monoisotopic (exact) mass is 245 g/mol. The average Bonchev–Trinajstić information content (AvgIpc) is 2.39. The number of nitrogens with one attached hydrogen (secondary N) is 1. The molecule has 0 radical (unpaired) electrons. The third-order valence-electron chi connectivity index (χ3n) is 3.18. The van der Waals surface area contributed by atoms with E-state index in [1.807, 2.05) is 26.1 Å². The first-order chi connectivity index (χ1) is 8.74. The Hall–Kier alpha value is -1.57. The Bertz CT molecular complexity index is 451. The van der Waals surface area contributed by atoms with Gasteiger partial charge in [0.25, 0.3) is 0 Å². The fourth-order valence-electron chi connectivity index (χ4n) is 2.30. The number of morpholine rings is 1. The average molecular weight is 245 g/mol. The van der Waals surface area contributed by atoms with Crippen LogP contribution in [-0.2, 0) is 4.74 Å². The van der Waals surface area contributed by atoms with Gasteiger partial charge < -0.3 is 15.0 Å². The van der Waals surface area contributed by atoms with Gasteiger partial charge in [-0.3, -0.25) is 0 Å². The minimum Gasteiger partial charge on any atom is -0.373 e. The number of benzene rings is 1. The van der Waals surface area contributed by atoms with Crippen LogP contribution < -0.4 is 10.2 Å². The lowest BCUT2D eigenvalue weighted by molar-refractivity contribution is 0.0421. The minimum atomic E-state index is 0.191. The Morgan fingerprint density at radius 3 is 3.11 bits per heavy atom. The molecule has 0 bridgehead atoms. The fraction of sp³-hybridized carbons (Fsp3) is 0.500. The molecular weight excluding hydrogens is 226 g/mol. The normalized spacial score (nSPS) is 19.6. The predicted octanol–water partition coefficient (Wildman–Crippen LogP) is 1.29. The summed E-state index contributed by atoms with van der Waals surface area (Å²) in [5.41, 5.74) is 2.89. The van der Waals surface area contributed by atoms with Gasteiger partial charge in [0.05, 0.1) is 24.0 Å². The highest BCUT2D eigenvalue weighted by atomic mass is 16.5. The van der Waals surface area contributed by atoms with Gasteiger partial charge in [-0.1, -0.05) is 6.07 Å². The summed E-state index contributed by atoms with van der Waals surface area (Å²) in [5.74, 6) is 0. The van der Waals surface area contributed by atoms with E-state index >= 15 is 0 Å². The number of rotatable bonds is 3. The zero-order valence-electron chi connectivity index (χ0n) is 10.9. The molecule has 1 N–H and O–H groups in total. The maximum Gasteiger partial charge on any atom is 0.101 e. The summed E-state index contributed by atoms with van der Waals surface area (Å²) in [5, 5.41) is 12.4. The third-order valence-corrected chi connectivity index (χ3v) is 3.18. The van der Waals surface area contributed by atoms with Crippen LogP contribution in [0.3, 0.4) is 0 Å². The maximum absolute atomic E-state index is 9.22. The first kappa shape index (κ1) is 12.9. The van der Waals surface area contributed by atoms with Gasteiger partial charge in [0.2, 0.25) is 0 Å². The molecule has 1 saturated heterocycles. The summed E-state index contributed by atoms with van der Waals surface area (Å²) < 4.78 is 5.68. The maximum atomic E-state index is 9.22. The lowest BCUT2D eigenvalue weighted by Gasteiger charge is -2.35. The molecule has 96 valence electrons. The van der Waals surface area contributed by atoms with Crippen LogP contribution in [0.4, 0.5) is 5.69 Å². The number of nitrogens with zero attached hydrogens (tertiary/aromatic N) is 2. The first-order valence-electron chi connectivity index (χ1n) is 6.26. The van der Waals surface area contributed by atoms with Gasteiger partial charge >= 0.3 is 0 Å². The van der Waals surface area contributed by atoms with Crippen molar-refractivity contribution in [1.82, 2.24) is 5.32 Å². The van der Waals surface area contributed by atoms with Crippen LogP contribution in [0.2, 0.25) is 0 Å². The van der Waals surface area contributed by atoms with Crippen molar-refractivity contribution in [2.75, 3.05) is 38.2 Å². The van der Waals surface area contributed by atoms with Crippen LogP contribution in [0.15, 0.2) is 18.2 Å².